The van der Waals surface area contributed by atoms with Crippen LogP contribution in [0.2, 0.25) is 5.02 Å². The molecule has 1 amide bonds. The van der Waals surface area contributed by atoms with Crippen molar-refractivity contribution in [2.24, 2.45) is 0 Å². The largest absolute Gasteiger partial charge is 0.493 e. The molecule has 30 heavy (non-hydrogen) atoms. The van der Waals surface area contributed by atoms with E-state index in [1.807, 2.05) is 0 Å². The third kappa shape index (κ3) is 5.41. The molecule has 0 heterocycles. The summed E-state index contributed by atoms with van der Waals surface area (Å²) in [7, 11) is 1.95. The molecule has 0 saturated carbocycles. The molecule has 0 spiro atoms. The van der Waals surface area contributed by atoms with Crippen LogP contribution in [-0.4, -0.2) is 59.5 Å². The van der Waals surface area contributed by atoms with Crippen molar-refractivity contribution in [3.05, 3.63) is 47.0 Å². The molecule has 0 aromatic heterocycles. The predicted octanol–water partition coefficient (Wildman–Crippen LogP) is 2.40. The number of esters is 1. The number of carbonyl (C=O) groups excluding carboxylic acids is 2. The Hall–Kier alpha value is -2.82. The highest BCUT2D eigenvalue weighted by molar-refractivity contribution is 7.89. The Morgan fingerprint density at radius 2 is 1.80 bits per heavy atom. The van der Waals surface area contributed by atoms with Gasteiger partial charge >= 0.3 is 5.97 Å². The number of sulfonamides is 1. The van der Waals surface area contributed by atoms with Crippen LogP contribution in [0.4, 0.5) is 5.69 Å². The minimum atomic E-state index is -3.65. The van der Waals surface area contributed by atoms with Gasteiger partial charge in [0.15, 0.2) is 18.1 Å². The van der Waals surface area contributed by atoms with Gasteiger partial charge in [0.1, 0.15) is 0 Å². The Morgan fingerprint density at radius 3 is 2.40 bits per heavy atom. The van der Waals surface area contributed by atoms with E-state index in [0.29, 0.717) is 0 Å². The molecule has 0 aliphatic rings. The quantitative estimate of drug-likeness (QED) is 0.607. The zero-order chi connectivity index (χ0) is 22.5. The number of hydrogen-bond donors (Lipinski definition) is 1. The lowest BCUT2D eigenvalue weighted by Gasteiger charge is -2.13. The van der Waals surface area contributed by atoms with Gasteiger partial charge in [0.2, 0.25) is 10.0 Å². The summed E-state index contributed by atoms with van der Waals surface area (Å²) >= 11 is 6.06. The Morgan fingerprint density at radius 1 is 1.10 bits per heavy atom. The standard InChI is InChI=1S/C19H21ClN2O7S/c1-22(2)30(25,26)14-7-5-6-13(10-14)21-17(23)11-29-19(24)12-8-15(20)18(28-4)16(9-12)27-3/h5-10H,11H2,1-4H3,(H,21,23). The number of nitrogens with one attached hydrogen (secondary N) is 1. The van der Waals surface area contributed by atoms with Crippen LogP contribution in [0.1, 0.15) is 10.4 Å². The third-order valence-electron chi connectivity index (χ3n) is 3.90. The highest BCUT2D eigenvalue weighted by Crippen LogP contribution is 2.36. The van der Waals surface area contributed by atoms with E-state index in [-0.39, 0.29) is 32.7 Å². The maximum absolute atomic E-state index is 12.2. The number of methoxy groups -OCH3 is 2. The summed E-state index contributed by atoms with van der Waals surface area (Å²) in [6, 6.07) is 8.43. The van der Waals surface area contributed by atoms with Crippen molar-refractivity contribution in [1.82, 2.24) is 4.31 Å². The number of halogens is 1. The Bertz CT molecular complexity index is 1050. The van der Waals surface area contributed by atoms with E-state index in [1.54, 1.807) is 0 Å². The van der Waals surface area contributed by atoms with Crippen molar-refractivity contribution in [2.75, 3.05) is 40.2 Å². The van der Waals surface area contributed by atoms with Gasteiger partial charge < -0.3 is 19.5 Å². The summed E-state index contributed by atoms with van der Waals surface area (Å²) in [4.78, 5) is 24.4. The van der Waals surface area contributed by atoms with E-state index in [2.05, 4.69) is 5.32 Å². The summed E-state index contributed by atoms with van der Waals surface area (Å²) in [6.07, 6.45) is 0. The first-order chi connectivity index (χ1) is 14.1. The number of anilines is 1. The maximum Gasteiger partial charge on any atom is 0.338 e. The van der Waals surface area contributed by atoms with E-state index in [4.69, 9.17) is 25.8 Å². The number of hydrogen-bond acceptors (Lipinski definition) is 7. The lowest BCUT2D eigenvalue weighted by Crippen LogP contribution is -2.23. The van der Waals surface area contributed by atoms with Crippen molar-refractivity contribution in [3.63, 3.8) is 0 Å². The smallest absolute Gasteiger partial charge is 0.338 e. The average Bonchev–Trinajstić information content (AvgIpc) is 2.71. The minimum Gasteiger partial charge on any atom is -0.493 e. The predicted molar refractivity (Wildman–Crippen MR) is 111 cm³/mol. The monoisotopic (exact) mass is 456 g/mol. The van der Waals surface area contributed by atoms with Crippen LogP contribution < -0.4 is 14.8 Å². The fourth-order valence-corrected chi connectivity index (χ4v) is 3.63. The van der Waals surface area contributed by atoms with Crippen LogP contribution in [0.25, 0.3) is 0 Å². The van der Waals surface area contributed by atoms with Gasteiger partial charge in [-0.3, -0.25) is 4.79 Å². The molecule has 2 aromatic rings. The van der Waals surface area contributed by atoms with Gasteiger partial charge in [-0.15, -0.1) is 0 Å². The number of amides is 1. The van der Waals surface area contributed by atoms with Gasteiger partial charge in [-0.05, 0) is 30.3 Å². The molecular weight excluding hydrogens is 436 g/mol. The van der Waals surface area contributed by atoms with E-state index in [1.165, 1.54) is 64.7 Å². The van der Waals surface area contributed by atoms with Gasteiger partial charge in [0, 0.05) is 19.8 Å². The van der Waals surface area contributed by atoms with Gasteiger partial charge in [-0.2, -0.15) is 0 Å². The maximum atomic E-state index is 12.2. The van der Waals surface area contributed by atoms with Gasteiger partial charge in [0.05, 0.1) is 29.7 Å². The summed E-state index contributed by atoms with van der Waals surface area (Å²) in [5, 5.41) is 2.63. The molecule has 0 atom stereocenters. The molecule has 11 heteroatoms. The molecule has 2 rings (SSSR count). The zero-order valence-corrected chi connectivity index (χ0v) is 18.3. The molecule has 0 aliphatic carbocycles. The van der Waals surface area contributed by atoms with E-state index in [0.717, 1.165) is 4.31 Å². The number of rotatable bonds is 8. The normalized spacial score (nSPS) is 11.1. The highest BCUT2D eigenvalue weighted by Gasteiger charge is 2.19. The third-order valence-corrected chi connectivity index (χ3v) is 5.99. The van der Waals surface area contributed by atoms with Crippen molar-refractivity contribution in [3.8, 4) is 11.5 Å². The molecule has 0 bridgehead atoms. The SMILES string of the molecule is COc1cc(C(=O)OCC(=O)Nc2cccc(S(=O)(=O)N(C)C)c2)cc(Cl)c1OC. The lowest BCUT2D eigenvalue weighted by molar-refractivity contribution is -0.119. The summed E-state index contributed by atoms with van der Waals surface area (Å²) < 4.78 is 40.6. The first kappa shape index (κ1) is 23.5. The molecule has 0 saturated heterocycles. The second-order valence-corrected chi connectivity index (χ2v) is 8.69. The average molecular weight is 457 g/mol. The van der Waals surface area contributed by atoms with Gasteiger partial charge in [-0.1, -0.05) is 17.7 Å². The summed E-state index contributed by atoms with van der Waals surface area (Å²) in [5.74, 6) is -0.937. The Labute approximate surface area is 179 Å². The van der Waals surface area contributed by atoms with Crippen LogP contribution in [0.3, 0.4) is 0 Å². The first-order valence-corrected chi connectivity index (χ1v) is 10.3. The van der Waals surface area contributed by atoms with Crippen LogP contribution in [-0.2, 0) is 19.6 Å². The number of ether oxygens (including phenoxy) is 3. The van der Waals surface area contributed by atoms with Crippen LogP contribution in [0.15, 0.2) is 41.3 Å². The number of nitrogens with zero attached hydrogens (tertiary/aromatic N) is 1. The van der Waals surface area contributed by atoms with Crippen LogP contribution >= 0.6 is 11.6 Å². The number of benzene rings is 2. The fraction of sp³-hybridized carbons (Fsp3) is 0.263. The van der Waals surface area contributed by atoms with Crippen molar-refractivity contribution in [2.45, 2.75) is 4.90 Å². The molecule has 0 unspecified atom stereocenters. The van der Waals surface area contributed by atoms with Crippen molar-refractivity contribution >= 4 is 39.2 Å². The molecule has 162 valence electrons. The van der Waals surface area contributed by atoms with Crippen LogP contribution in [0.5, 0.6) is 11.5 Å². The van der Waals surface area contributed by atoms with Crippen molar-refractivity contribution < 1.29 is 32.2 Å². The Balaban J connectivity index is 2.05. The topological polar surface area (TPSA) is 111 Å². The first-order valence-electron chi connectivity index (χ1n) is 8.51. The highest BCUT2D eigenvalue weighted by atomic mass is 35.5. The van der Waals surface area contributed by atoms with Gasteiger partial charge in [-0.25, -0.2) is 17.5 Å². The summed E-state index contributed by atoms with van der Waals surface area (Å²) in [6.45, 7) is -0.588. The van der Waals surface area contributed by atoms with Crippen molar-refractivity contribution in [1.29, 1.82) is 0 Å². The molecule has 9 nitrogen and oxygen atoms in total. The fourth-order valence-electron chi connectivity index (χ4n) is 2.39. The van der Waals surface area contributed by atoms with Crippen LogP contribution in [0, 0.1) is 0 Å². The molecule has 0 fully saturated rings. The molecule has 1 N–H and O–H groups in total. The minimum absolute atomic E-state index is 0.0160. The molecule has 0 radical (unpaired) electrons. The van der Waals surface area contributed by atoms with E-state index in [9.17, 15) is 18.0 Å². The van der Waals surface area contributed by atoms with E-state index >= 15 is 0 Å². The molecule has 2 aromatic carbocycles. The zero-order valence-electron chi connectivity index (χ0n) is 16.8. The van der Waals surface area contributed by atoms with Gasteiger partial charge in [0.25, 0.3) is 5.91 Å². The number of carbonyl (C=O) groups is 2. The second kappa shape index (κ2) is 9.79. The molecule has 0 aliphatic heterocycles. The van der Waals surface area contributed by atoms with E-state index < -0.39 is 28.5 Å². The second-order valence-electron chi connectivity index (χ2n) is 6.13. The lowest BCUT2D eigenvalue weighted by atomic mass is 10.2. The molecular formula is C19H21ClN2O7S. The summed E-state index contributed by atoms with van der Waals surface area (Å²) in [5.41, 5.74) is 0.317. The Kier molecular flexibility index (Phi) is 7.65.